The smallest absolute Gasteiger partial charge is 0.250 e. The Bertz CT molecular complexity index is 1450. The Hall–Kier alpha value is -3.44. The first-order valence-corrected chi connectivity index (χ1v) is 13.6. The van der Waals surface area contributed by atoms with Crippen molar-refractivity contribution in [2.24, 2.45) is 5.10 Å². The van der Waals surface area contributed by atoms with E-state index >= 15 is 0 Å². The fraction of sp³-hybridized carbons (Fsp3) is 0.333. The van der Waals surface area contributed by atoms with Crippen LogP contribution in [0, 0.1) is 0 Å². The van der Waals surface area contributed by atoms with E-state index in [0.717, 1.165) is 48.2 Å². The number of benzene rings is 2. The van der Waals surface area contributed by atoms with E-state index in [1.807, 2.05) is 30.3 Å². The molecular weight excluding hydrogens is 539 g/mol. The molecule has 4 heterocycles. The first-order valence-electron chi connectivity index (χ1n) is 12.9. The number of anilines is 3. The lowest BCUT2D eigenvalue weighted by Crippen LogP contribution is -2.40. The predicted octanol–water partition coefficient (Wildman–Crippen LogP) is 4.30. The molecule has 2 fully saturated rings. The van der Waals surface area contributed by atoms with Gasteiger partial charge in [-0.3, -0.25) is 0 Å². The molecule has 4 aromatic rings. The number of halogens is 2. The molecule has 202 valence electrons. The molecular formula is C27H28Cl2N8O2. The highest BCUT2D eigenvalue weighted by molar-refractivity contribution is 6.42. The largest absolute Gasteiger partial charge is 0.378 e. The van der Waals surface area contributed by atoms with Crippen LogP contribution in [0.2, 0.25) is 10.0 Å². The fourth-order valence-electron chi connectivity index (χ4n) is 4.72. The number of aromatic nitrogens is 4. The molecule has 2 saturated heterocycles. The molecule has 0 spiro atoms. The van der Waals surface area contributed by atoms with E-state index in [4.69, 9.17) is 37.7 Å². The van der Waals surface area contributed by atoms with Crippen molar-refractivity contribution in [1.29, 1.82) is 0 Å². The second-order valence-corrected chi connectivity index (χ2v) is 10.1. The number of fused-ring (bicyclic) bond motifs is 1. The van der Waals surface area contributed by atoms with Gasteiger partial charge in [0.15, 0.2) is 0 Å². The van der Waals surface area contributed by atoms with Crippen molar-refractivity contribution >= 4 is 58.2 Å². The highest BCUT2D eigenvalue weighted by atomic mass is 35.5. The summed E-state index contributed by atoms with van der Waals surface area (Å²) in [5, 5.41) is 6.69. The molecule has 12 heteroatoms. The van der Waals surface area contributed by atoms with Crippen LogP contribution in [0.3, 0.4) is 0 Å². The van der Waals surface area contributed by atoms with E-state index in [1.165, 1.54) is 0 Å². The van der Waals surface area contributed by atoms with Crippen LogP contribution in [0.4, 0.5) is 17.8 Å². The number of hydrazone groups is 1. The zero-order valence-electron chi connectivity index (χ0n) is 21.3. The number of nitrogens with one attached hydrogen (secondary N) is 1. The topological polar surface area (TPSA) is 92.9 Å². The molecule has 2 aliphatic rings. The minimum atomic E-state index is 0.392. The van der Waals surface area contributed by atoms with Gasteiger partial charge in [0, 0.05) is 55.4 Å². The van der Waals surface area contributed by atoms with Crippen molar-refractivity contribution < 1.29 is 9.47 Å². The van der Waals surface area contributed by atoms with Gasteiger partial charge in [0.2, 0.25) is 17.8 Å². The van der Waals surface area contributed by atoms with E-state index in [1.54, 1.807) is 6.21 Å². The van der Waals surface area contributed by atoms with Gasteiger partial charge in [-0.05, 0) is 23.8 Å². The van der Waals surface area contributed by atoms with Crippen LogP contribution in [-0.2, 0) is 16.0 Å². The number of hydrogen-bond donors (Lipinski definition) is 1. The van der Waals surface area contributed by atoms with Crippen LogP contribution in [0.1, 0.15) is 11.1 Å². The third-order valence-electron chi connectivity index (χ3n) is 6.72. The van der Waals surface area contributed by atoms with E-state index in [-0.39, 0.29) is 0 Å². The molecule has 39 heavy (non-hydrogen) atoms. The SMILES string of the molecule is Clc1ccc(Cn2cc(/C=N/Nc3nc(N4CCOCC4)nc(N4CCOCC4)n3)c3ccccc32)cc1Cl. The Morgan fingerprint density at radius 1 is 0.846 bits per heavy atom. The summed E-state index contributed by atoms with van der Waals surface area (Å²) in [4.78, 5) is 18.3. The summed E-state index contributed by atoms with van der Waals surface area (Å²) in [6.45, 7) is 6.15. The minimum Gasteiger partial charge on any atom is -0.378 e. The van der Waals surface area contributed by atoms with E-state index in [9.17, 15) is 0 Å². The molecule has 2 aromatic heterocycles. The second kappa shape index (κ2) is 11.7. The first-order chi connectivity index (χ1) is 19.1. The quantitative estimate of drug-likeness (QED) is 0.261. The zero-order chi connectivity index (χ0) is 26.6. The molecule has 0 radical (unpaired) electrons. The summed E-state index contributed by atoms with van der Waals surface area (Å²) in [6, 6.07) is 13.9. The molecule has 0 atom stereocenters. The average molecular weight is 567 g/mol. The molecule has 0 amide bonds. The Morgan fingerprint density at radius 3 is 2.18 bits per heavy atom. The van der Waals surface area contributed by atoms with Crippen molar-refractivity contribution in [2.45, 2.75) is 6.54 Å². The van der Waals surface area contributed by atoms with Crippen molar-refractivity contribution in [3.8, 4) is 0 Å². The molecule has 0 bridgehead atoms. The fourth-order valence-corrected chi connectivity index (χ4v) is 5.04. The monoisotopic (exact) mass is 566 g/mol. The van der Waals surface area contributed by atoms with Gasteiger partial charge in [0.1, 0.15) is 0 Å². The summed E-state index contributed by atoms with van der Waals surface area (Å²) in [5.41, 5.74) is 6.16. The molecule has 6 rings (SSSR count). The summed E-state index contributed by atoms with van der Waals surface area (Å²) >= 11 is 12.4. The van der Waals surface area contributed by atoms with E-state index in [2.05, 4.69) is 53.2 Å². The molecule has 0 saturated carbocycles. The molecule has 0 unspecified atom stereocenters. The summed E-state index contributed by atoms with van der Waals surface area (Å²) in [7, 11) is 0. The number of hydrogen-bond acceptors (Lipinski definition) is 9. The van der Waals surface area contributed by atoms with Gasteiger partial charge in [-0.15, -0.1) is 0 Å². The molecule has 0 aliphatic carbocycles. The maximum atomic E-state index is 6.25. The third kappa shape index (κ3) is 5.94. The minimum absolute atomic E-state index is 0.392. The second-order valence-electron chi connectivity index (χ2n) is 9.31. The van der Waals surface area contributed by atoms with Crippen LogP contribution >= 0.6 is 23.2 Å². The Balaban J connectivity index is 1.26. The Kier molecular flexibility index (Phi) is 7.78. The third-order valence-corrected chi connectivity index (χ3v) is 7.46. The number of morpholine rings is 2. The Labute approximate surface area is 236 Å². The van der Waals surface area contributed by atoms with Crippen LogP contribution in [0.5, 0.6) is 0 Å². The van der Waals surface area contributed by atoms with Crippen molar-refractivity contribution in [1.82, 2.24) is 19.5 Å². The summed E-state index contributed by atoms with van der Waals surface area (Å²) in [5.74, 6) is 1.63. The highest BCUT2D eigenvalue weighted by Gasteiger charge is 2.20. The lowest BCUT2D eigenvalue weighted by atomic mass is 10.2. The molecule has 2 aliphatic heterocycles. The van der Waals surface area contributed by atoms with Crippen LogP contribution in [0.25, 0.3) is 10.9 Å². The summed E-state index contributed by atoms with van der Waals surface area (Å²) in [6.07, 6.45) is 3.87. The average Bonchev–Trinajstić information content (AvgIpc) is 3.33. The van der Waals surface area contributed by atoms with Crippen LogP contribution < -0.4 is 15.2 Å². The number of para-hydroxylation sites is 1. The van der Waals surface area contributed by atoms with Crippen LogP contribution in [0.15, 0.2) is 53.8 Å². The lowest BCUT2D eigenvalue weighted by molar-refractivity contribution is 0.121. The lowest BCUT2D eigenvalue weighted by Gasteiger charge is -2.30. The standard InChI is InChI=1S/C27H28Cl2N8O2/c28-22-6-5-19(15-23(22)29)17-37-18-20(21-3-1-2-4-24(21)37)16-30-34-25-31-26(35-7-11-38-12-8-35)33-27(32-25)36-9-13-39-14-10-36/h1-6,15-16,18H,7-14,17H2,(H,31,32,33,34)/b30-16+. The molecule has 1 N–H and O–H groups in total. The Morgan fingerprint density at radius 2 is 1.51 bits per heavy atom. The highest BCUT2D eigenvalue weighted by Crippen LogP contribution is 2.26. The van der Waals surface area contributed by atoms with Crippen molar-refractivity contribution in [3.05, 3.63) is 69.8 Å². The molecule has 10 nitrogen and oxygen atoms in total. The molecule has 2 aromatic carbocycles. The van der Waals surface area contributed by atoms with Crippen molar-refractivity contribution in [2.75, 3.05) is 67.8 Å². The number of ether oxygens (including phenoxy) is 2. The van der Waals surface area contributed by atoms with E-state index in [0.29, 0.717) is 60.9 Å². The maximum absolute atomic E-state index is 6.25. The summed E-state index contributed by atoms with van der Waals surface area (Å²) < 4.78 is 13.2. The maximum Gasteiger partial charge on any atom is 0.250 e. The van der Waals surface area contributed by atoms with Crippen LogP contribution in [-0.4, -0.2) is 78.3 Å². The van der Waals surface area contributed by atoms with Crippen molar-refractivity contribution in [3.63, 3.8) is 0 Å². The van der Waals surface area contributed by atoms with E-state index < -0.39 is 0 Å². The van der Waals surface area contributed by atoms with Gasteiger partial charge in [-0.2, -0.15) is 20.1 Å². The van der Waals surface area contributed by atoms with Gasteiger partial charge >= 0.3 is 0 Å². The van der Waals surface area contributed by atoms with Gasteiger partial charge in [0.05, 0.1) is 42.7 Å². The van der Waals surface area contributed by atoms with Gasteiger partial charge in [-0.1, -0.05) is 47.5 Å². The zero-order valence-corrected chi connectivity index (χ0v) is 22.8. The number of rotatable bonds is 7. The number of nitrogens with zero attached hydrogens (tertiary/aromatic N) is 7. The van der Waals surface area contributed by atoms with Gasteiger partial charge in [-0.25, -0.2) is 5.43 Å². The predicted molar refractivity (Wildman–Crippen MR) is 155 cm³/mol. The normalized spacial score (nSPS) is 16.4. The van der Waals surface area contributed by atoms with Gasteiger partial charge in [0.25, 0.3) is 0 Å². The first kappa shape index (κ1) is 25.8. The van der Waals surface area contributed by atoms with Gasteiger partial charge < -0.3 is 23.8 Å².